The Morgan fingerprint density at radius 1 is 0.895 bits per heavy atom. The Labute approximate surface area is 144 Å². The normalized spacial score (nSPS) is 21.6. The van der Waals surface area contributed by atoms with Crippen LogP contribution in [0, 0.1) is 0 Å². The molecule has 0 aromatic rings. The zero-order chi connectivity index (χ0) is 15.1. The summed E-state index contributed by atoms with van der Waals surface area (Å²) >= 11 is 33.5. The van der Waals surface area contributed by atoms with Gasteiger partial charge in [-0.3, -0.25) is 0 Å². The molecule has 19 heavy (non-hydrogen) atoms. The molecule has 0 radical (unpaired) electrons. The fraction of sp³-hybridized carbons (Fsp3) is 0.750. The van der Waals surface area contributed by atoms with Crippen molar-refractivity contribution in [2.75, 3.05) is 0 Å². The maximum Gasteiger partial charge on any atom is 0.250 e. The van der Waals surface area contributed by atoms with Gasteiger partial charge in [-0.05, 0) is 20.8 Å². The molecule has 0 bridgehead atoms. The number of halogens is 6. The summed E-state index contributed by atoms with van der Waals surface area (Å²) in [7, 11) is 0. The maximum atomic E-state index is 5.76. The molecule has 0 saturated carbocycles. The first-order valence-corrected chi connectivity index (χ1v) is 8.25. The fourth-order valence-corrected chi connectivity index (χ4v) is 3.05. The molecule has 0 amide bonds. The minimum Gasteiger partial charge on any atom is -0.231 e. The number of nitrogens with one attached hydrogen (secondary N) is 1. The number of hydrogen-bond acceptors (Lipinski definition) is 4. The molecule has 0 aromatic heterocycles. The molecule has 1 heterocycles. The highest BCUT2D eigenvalue weighted by molar-refractivity contribution is 7.84. The van der Waals surface area contributed by atoms with E-state index in [-0.39, 0.29) is 17.2 Å². The van der Waals surface area contributed by atoms with E-state index in [1.165, 1.54) is 0 Å². The maximum absolute atomic E-state index is 5.76. The third kappa shape index (κ3) is 6.22. The van der Waals surface area contributed by atoms with Crippen molar-refractivity contribution in [3.05, 3.63) is 0 Å². The van der Waals surface area contributed by atoms with Crippen LogP contribution in [0.15, 0.2) is 13.8 Å². The van der Waals surface area contributed by atoms with Crippen LogP contribution in [0.2, 0.25) is 0 Å². The van der Waals surface area contributed by atoms with Crippen molar-refractivity contribution < 1.29 is 0 Å². The Morgan fingerprint density at radius 2 is 1.37 bits per heavy atom. The Hall–Kier alpha value is 1.19. The molecule has 1 atom stereocenters. The lowest BCUT2D eigenvalue weighted by Gasteiger charge is -2.24. The molecule has 0 aromatic carbocycles. The van der Waals surface area contributed by atoms with Crippen molar-refractivity contribution in [2.45, 2.75) is 33.9 Å². The molecule has 110 valence electrons. The average Bonchev–Trinajstić information content (AvgIpc) is 2.11. The quantitative estimate of drug-likeness (QED) is 0.637. The molecule has 0 spiro atoms. The number of rotatable bonds is 1. The van der Waals surface area contributed by atoms with Gasteiger partial charge in [0.1, 0.15) is 0 Å². The second-order valence-corrected chi connectivity index (χ2v) is 10.2. The van der Waals surface area contributed by atoms with E-state index >= 15 is 0 Å². The van der Waals surface area contributed by atoms with Crippen molar-refractivity contribution in [1.29, 1.82) is 0 Å². The molecule has 0 fully saturated rings. The van der Waals surface area contributed by atoms with Crippen LogP contribution in [0.3, 0.4) is 0 Å². The fourth-order valence-electron chi connectivity index (χ4n) is 0.875. The van der Waals surface area contributed by atoms with E-state index in [9.17, 15) is 0 Å². The average molecular weight is 407 g/mol. The van der Waals surface area contributed by atoms with Gasteiger partial charge >= 0.3 is 0 Å². The summed E-state index contributed by atoms with van der Waals surface area (Å²) in [6, 6.07) is 0. The molecule has 0 aliphatic carbocycles. The first kappa shape index (κ1) is 18.2. The Balaban J connectivity index is 3.22. The predicted molar refractivity (Wildman–Crippen MR) is 88.1 cm³/mol. The van der Waals surface area contributed by atoms with Crippen LogP contribution < -0.4 is 4.72 Å². The minimum absolute atomic E-state index is 0.0751. The molecular weight excluding hydrogens is 397 g/mol. The lowest BCUT2D eigenvalue weighted by Crippen LogP contribution is -2.39. The summed E-state index contributed by atoms with van der Waals surface area (Å²) in [5.74, 6) is -0.150. The minimum atomic E-state index is -1.82. The topological polar surface area (TPSA) is 49.1 Å². The number of nitrogens with zero attached hydrogens (tertiary/aromatic N) is 3. The van der Waals surface area contributed by atoms with Gasteiger partial charge in [0.15, 0.2) is 11.7 Å². The lowest BCUT2D eigenvalue weighted by atomic mass is 10.1. The summed E-state index contributed by atoms with van der Waals surface area (Å²) in [5.41, 5.74) is -0.273. The first-order chi connectivity index (χ1) is 8.29. The van der Waals surface area contributed by atoms with Gasteiger partial charge in [0.25, 0.3) is 7.59 Å². The molecule has 1 rings (SSSR count). The lowest BCUT2D eigenvalue weighted by molar-refractivity contribution is 0.533. The Kier molecular flexibility index (Phi) is 5.88. The van der Waals surface area contributed by atoms with E-state index in [4.69, 9.17) is 69.6 Å². The Morgan fingerprint density at radius 3 is 1.74 bits per heavy atom. The smallest absolute Gasteiger partial charge is 0.231 e. The molecule has 1 aliphatic heterocycles. The van der Waals surface area contributed by atoms with Crippen LogP contribution in [0.5, 0.6) is 0 Å². The Bertz CT molecular complexity index is 439. The molecule has 1 N–H and O–H groups in total. The van der Waals surface area contributed by atoms with Gasteiger partial charge in [-0.15, -0.1) is 0 Å². The van der Waals surface area contributed by atoms with Gasteiger partial charge in [-0.25, -0.2) is 9.71 Å². The zero-order valence-corrected chi connectivity index (χ0v) is 15.4. The largest absolute Gasteiger partial charge is 0.250 e. The summed E-state index contributed by atoms with van der Waals surface area (Å²) in [6.07, 6.45) is 0. The highest BCUT2D eigenvalue weighted by Crippen LogP contribution is 2.34. The van der Waals surface area contributed by atoms with E-state index in [0.717, 1.165) is 0 Å². The van der Waals surface area contributed by atoms with Crippen molar-refractivity contribution in [1.82, 2.24) is 4.72 Å². The summed E-state index contributed by atoms with van der Waals surface area (Å²) in [4.78, 5) is 3.88. The third-order valence-electron chi connectivity index (χ3n) is 1.46. The second kappa shape index (κ2) is 6.13. The second-order valence-electron chi connectivity index (χ2n) is 4.55. The third-order valence-corrected chi connectivity index (χ3v) is 3.96. The van der Waals surface area contributed by atoms with Crippen molar-refractivity contribution in [3.63, 3.8) is 0 Å². The molecular formula is C8H10Cl6N4S. The molecule has 0 saturated heterocycles. The highest BCUT2D eigenvalue weighted by atomic mass is 35.6. The van der Waals surface area contributed by atoms with Crippen LogP contribution in [-0.4, -0.2) is 24.8 Å². The summed E-state index contributed by atoms with van der Waals surface area (Å²) in [5, 5.41) is 0. The van der Waals surface area contributed by atoms with E-state index in [1.54, 1.807) is 0 Å². The zero-order valence-electron chi connectivity index (χ0n) is 10.0. The standard InChI is InChI=1S/C8H10Cl6N4S/c1-6(2,3)18-19-16-4(7(9,10)11)15-5(17-19)8(12,13)14/h1-3H3,(H,15,16,17,18). The van der Waals surface area contributed by atoms with Gasteiger partial charge in [-0.1, -0.05) is 69.6 Å². The number of amidine groups is 2. The van der Waals surface area contributed by atoms with Crippen molar-refractivity contribution in [2.24, 2.45) is 13.8 Å². The molecule has 1 aliphatic rings. The summed E-state index contributed by atoms with van der Waals surface area (Å²) < 4.78 is 7.69. The van der Waals surface area contributed by atoms with Crippen LogP contribution in [0.4, 0.5) is 0 Å². The molecule has 11 heteroatoms. The van der Waals surface area contributed by atoms with E-state index in [1.807, 2.05) is 20.8 Å². The number of alkyl halides is 6. The van der Waals surface area contributed by atoms with Gasteiger partial charge in [0.05, 0.1) is 11.1 Å². The monoisotopic (exact) mass is 404 g/mol. The SMILES string of the molecule is CC(C)(C)NS1=NC(C(Cl)(Cl)Cl)=NC(C(Cl)(Cl)Cl)=N1. The number of hydrogen-bond donors (Lipinski definition) is 1. The molecule has 4 nitrogen and oxygen atoms in total. The van der Waals surface area contributed by atoms with Crippen molar-refractivity contribution in [3.8, 4) is 0 Å². The molecule has 1 unspecified atom stereocenters. The number of aliphatic imine (C=N–C) groups is 1. The van der Waals surface area contributed by atoms with Crippen LogP contribution >= 0.6 is 69.6 Å². The van der Waals surface area contributed by atoms with Crippen LogP contribution in [0.25, 0.3) is 0 Å². The van der Waals surface area contributed by atoms with E-state index in [0.29, 0.717) is 0 Å². The highest BCUT2D eigenvalue weighted by Gasteiger charge is 2.37. The van der Waals surface area contributed by atoms with Crippen molar-refractivity contribution >= 4 is 92.3 Å². The van der Waals surface area contributed by atoms with E-state index in [2.05, 4.69) is 18.5 Å². The summed E-state index contributed by atoms with van der Waals surface area (Å²) in [6.45, 7) is 5.79. The first-order valence-electron chi connectivity index (χ1n) is 4.85. The van der Waals surface area contributed by atoms with Crippen LogP contribution in [-0.2, 0) is 11.1 Å². The van der Waals surface area contributed by atoms with Gasteiger partial charge in [-0.2, -0.15) is 8.76 Å². The van der Waals surface area contributed by atoms with Crippen LogP contribution in [0.1, 0.15) is 20.8 Å². The van der Waals surface area contributed by atoms with E-state index < -0.39 is 18.6 Å². The predicted octanol–water partition coefficient (Wildman–Crippen LogP) is 4.56. The van der Waals surface area contributed by atoms with Gasteiger partial charge in [0.2, 0.25) is 0 Å². The van der Waals surface area contributed by atoms with Gasteiger partial charge < -0.3 is 0 Å². The van der Waals surface area contributed by atoms with Gasteiger partial charge in [0, 0.05) is 5.54 Å².